The van der Waals surface area contributed by atoms with Crippen LogP contribution in [0.25, 0.3) is 0 Å². The molecule has 2 heterocycles. The van der Waals surface area contributed by atoms with Gasteiger partial charge in [0.1, 0.15) is 0 Å². The first-order chi connectivity index (χ1) is 18.3. The molecule has 1 fully saturated rings. The number of aliphatic hydroxyl groups excluding tert-OH is 1. The van der Waals surface area contributed by atoms with Gasteiger partial charge in [-0.15, -0.1) is 0 Å². The Bertz CT molecular complexity index is 1230. The van der Waals surface area contributed by atoms with Gasteiger partial charge in [-0.25, -0.2) is 9.97 Å². The Kier molecular flexibility index (Phi) is 9.46. The number of amides is 1. The van der Waals surface area contributed by atoms with Gasteiger partial charge in [-0.3, -0.25) is 9.59 Å². The van der Waals surface area contributed by atoms with E-state index in [1.54, 1.807) is 36.7 Å². The third kappa shape index (κ3) is 7.16. The Hall–Kier alpha value is -3.31. The van der Waals surface area contributed by atoms with E-state index in [2.05, 4.69) is 22.2 Å². The second-order valence-electron chi connectivity index (χ2n) is 9.03. The summed E-state index contributed by atoms with van der Waals surface area (Å²) in [6, 6.07) is 16.7. The van der Waals surface area contributed by atoms with Gasteiger partial charge in [-0.1, -0.05) is 55.1 Å². The first-order valence-electron chi connectivity index (χ1n) is 12.3. The van der Waals surface area contributed by atoms with Crippen molar-refractivity contribution < 1.29 is 28.9 Å². The molecule has 0 aliphatic carbocycles. The number of carbonyl (C=O) groups excluding carboxylic acids is 2. The Morgan fingerprint density at radius 1 is 1.08 bits per heavy atom. The van der Waals surface area contributed by atoms with E-state index in [0.29, 0.717) is 16.6 Å². The Labute approximate surface area is 225 Å². The van der Waals surface area contributed by atoms with Gasteiger partial charge in [-0.2, -0.15) is 0 Å². The van der Waals surface area contributed by atoms with Crippen molar-refractivity contribution >= 4 is 29.3 Å². The number of nitrogens with zero attached hydrogens (tertiary/aromatic N) is 2. The van der Waals surface area contributed by atoms with E-state index in [9.17, 15) is 14.7 Å². The summed E-state index contributed by atoms with van der Waals surface area (Å²) in [6.45, 7) is 4.83. The fraction of sp³-hybridized carbons (Fsp3) is 0.357. The molecule has 3 aromatic rings. The number of aromatic nitrogens is 2. The van der Waals surface area contributed by atoms with E-state index in [1.165, 1.54) is 25.6 Å². The lowest BCUT2D eigenvalue weighted by Crippen LogP contribution is -2.38. The number of aliphatic hydroxyl groups is 1. The molecule has 1 aliphatic heterocycles. The van der Waals surface area contributed by atoms with Crippen molar-refractivity contribution in [2.24, 2.45) is 5.92 Å². The van der Waals surface area contributed by atoms with E-state index >= 15 is 0 Å². The van der Waals surface area contributed by atoms with Crippen LogP contribution >= 0.6 is 11.8 Å². The van der Waals surface area contributed by atoms with Crippen molar-refractivity contribution in [1.29, 1.82) is 0 Å². The number of nitrogens with one attached hydrogen (secondary N) is 1. The van der Waals surface area contributed by atoms with E-state index < -0.39 is 24.3 Å². The number of rotatable bonds is 9. The molecule has 5 atom stereocenters. The Morgan fingerprint density at radius 2 is 1.82 bits per heavy atom. The number of thioether (sulfide) groups is 1. The second kappa shape index (κ2) is 13.0. The maximum Gasteiger partial charge on any atom is 0.303 e. The number of ether oxygens (including phenoxy) is 3. The molecule has 0 unspecified atom stereocenters. The standard InChI is InChI=1S/C28H31N3O6S/c1-17-24(16-38-28-29-12-5-13-30-28)36-27(37-25(17)21-10-8-20(15-32)9-11-21)22-6-4-7-23(14-22)31-26(34)18(2)35-19(3)33/h4-14,17-18,24-25,27,32H,15-16H2,1-3H3,(H,31,34)/t17-,18-,24+,25+,27+/m0/s1. The molecule has 1 amide bonds. The topological polar surface area (TPSA) is 120 Å². The van der Waals surface area contributed by atoms with Crippen LogP contribution in [0.4, 0.5) is 5.69 Å². The van der Waals surface area contributed by atoms with Crippen LogP contribution in [0.3, 0.4) is 0 Å². The van der Waals surface area contributed by atoms with Crippen molar-refractivity contribution in [2.75, 3.05) is 11.1 Å². The number of benzene rings is 2. The molecule has 0 spiro atoms. The summed E-state index contributed by atoms with van der Waals surface area (Å²) in [5.74, 6) is -0.334. The zero-order chi connectivity index (χ0) is 27.1. The van der Waals surface area contributed by atoms with Crippen LogP contribution in [0.1, 0.15) is 49.9 Å². The van der Waals surface area contributed by atoms with Gasteiger partial charge < -0.3 is 24.6 Å². The number of anilines is 1. The lowest BCUT2D eigenvalue weighted by Gasteiger charge is -2.41. The van der Waals surface area contributed by atoms with Crippen LogP contribution in [-0.4, -0.2) is 44.9 Å². The van der Waals surface area contributed by atoms with Gasteiger partial charge in [0.2, 0.25) is 0 Å². The number of hydrogen-bond acceptors (Lipinski definition) is 9. The van der Waals surface area contributed by atoms with Crippen molar-refractivity contribution in [2.45, 2.75) is 57.1 Å². The van der Waals surface area contributed by atoms with Crippen LogP contribution in [-0.2, 0) is 30.4 Å². The molecule has 9 nitrogen and oxygen atoms in total. The molecule has 0 radical (unpaired) electrons. The molecule has 200 valence electrons. The summed E-state index contributed by atoms with van der Waals surface area (Å²) >= 11 is 1.52. The Balaban J connectivity index is 1.56. The van der Waals surface area contributed by atoms with Gasteiger partial charge in [0.25, 0.3) is 5.91 Å². The normalized spacial score (nSPS) is 21.9. The van der Waals surface area contributed by atoms with Crippen molar-refractivity contribution in [3.63, 3.8) is 0 Å². The summed E-state index contributed by atoms with van der Waals surface area (Å²) in [6.07, 6.45) is 1.34. The molecule has 2 N–H and O–H groups in total. The molecule has 1 aromatic heterocycles. The molecular weight excluding hydrogens is 506 g/mol. The summed E-state index contributed by atoms with van der Waals surface area (Å²) < 4.78 is 17.9. The van der Waals surface area contributed by atoms with Crippen LogP contribution in [0, 0.1) is 5.92 Å². The van der Waals surface area contributed by atoms with Crippen molar-refractivity contribution in [3.05, 3.63) is 83.7 Å². The zero-order valence-electron chi connectivity index (χ0n) is 21.4. The van der Waals surface area contributed by atoms with E-state index in [1.807, 2.05) is 30.3 Å². The highest BCUT2D eigenvalue weighted by Crippen LogP contribution is 2.43. The molecular formula is C28H31N3O6S. The van der Waals surface area contributed by atoms with Crippen LogP contribution in [0.15, 0.2) is 72.1 Å². The highest BCUT2D eigenvalue weighted by atomic mass is 32.2. The molecule has 2 aromatic carbocycles. The minimum Gasteiger partial charge on any atom is -0.453 e. The van der Waals surface area contributed by atoms with E-state index in [4.69, 9.17) is 14.2 Å². The molecule has 1 aliphatic rings. The lowest BCUT2D eigenvalue weighted by molar-refractivity contribution is -0.268. The minimum absolute atomic E-state index is 0.00917. The predicted octanol–water partition coefficient (Wildman–Crippen LogP) is 4.44. The van der Waals surface area contributed by atoms with Gasteiger partial charge >= 0.3 is 5.97 Å². The maximum atomic E-state index is 12.5. The number of esters is 1. The van der Waals surface area contributed by atoms with Crippen LogP contribution < -0.4 is 5.32 Å². The summed E-state index contributed by atoms with van der Waals surface area (Å²) in [7, 11) is 0. The minimum atomic E-state index is -0.924. The third-order valence-corrected chi connectivity index (χ3v) is 7.14. The first-order valence-corrected chi connectivity index (χ1v) is 13.3. The maximum absolute atomic E-state index is 12.5. The van der Waals surface area contributed by atoms with Crippen LogP contribution in [0.5, 0.6) is 0 Å². The molecule has 0 saturated carbocycles. The van der Waals surface area contributed by atoms with E-state index in [0.717, 1.165) is 16.7 Å². The van der Waals surface area contributed by atoms with Crippen molar-refractivity contribution in [1.82, 2.24) is 9.97 Å². The summed E-state index contributed by atoms with van der Waals surface area (Å²) in [5, 5.41) is 12.9. The zero-order valence-corrected chi connectivity index (χ0v) is 22.3. The fourth-order valence-corrected chi connectivity index (χ4v) is 5.10. The summed E-state index contributed by atoms with van der Waals surface area (Å²) in [4.78, 5) is 32.3. The monoisotopic (exact) mass is 537 g/mol. The van der Waals surface area contributed by atoms with E-state index in [-0.39, 0.29) is 24.7 Å². The number of carbonyl (C=O) groups is 2. The average Bonchev–Trinajstić information content (AvgIpc) is 2.93. The molecule has 10 heteroatoms. The van der Waals surface area contributed by atoms with Gasteiger partial charge in [0, 0.05) is 42.2 Å². The van der Waals surface area contributed by atoms with Gasteiger partial charge in [-0.05, 0) is 36.2 Å². The molecule has 1 saturated heterocycles. The third-order valence-electron chi connectivity index (χ3n) is 6.18. The fourth-order valence-electron chi connectivity index (χ4n) is 4.14. The molecule has 38 heavy (non-hydrogen) atoms. The van der Waals surface area contributed by atoms with Crippen molar-refractivity contribution in [3.8, 4) is 0 Å². The number of hydrogen-bond donors (Lipinski definition) is 2. The Morgan fingerprint density at radius 3 is 2.50 bits per heavy atom. The SMILES string of the molecule is CC(=O)O[C@@H](C)C(=O)Nc1cccc([C@@H]2O[C@H](CSc3ncccn3)[C@H](C)[C@H](c3ccc(CO)cc3)O2)c1. The van der Waals surface area contributed by atoms with Crippen LogP contribution in [0.2, 0.25) is 0 Å². The first kappa shape index (κ1) is 27.7. The highest BCUT2D eigenvalue weighted by Gasteiger charge is 2.38. The molecule has 4 rings (SSSR count). The highest BCUT2D eigenvalue weighted by molar-refractivity contribution is 7.99. The summed E-state index contributed by atoms with van der Waals surface area (Å²) in [5.41, 5.74) is 3.07. The smallest absolute Gasteiger partial charge is 0.303 e. The lowest BCUT2D eigenvalue weighted by atomic mass is 9.91. The van der Waals surface area contributed by atoms with Gasteiger partial charge in [0.05, 0.1) is 18.8 Å². The second-order valence-corrected chi connectivity index (χ2v) is 10.0. The average molecular weight is 538 g/mol. The van der Waals surface area contributed by atoms with Gasteiger partial charge in [0.15, 0.2) is 17.6 Å². The quantitative estimate of drug-likeness (QED) is 0.232. The molecule has 0 bridgehead atoms. The largest absolute Gasteiger partial charge is 0.453 e. The predicted molar refractivity (Wildman–Crippen MR) is 142 cm³/mol.